The van der Waals surface area contributed by atoms with Crippen molar-refractivity contribution in [2.45, 2.75) is 6.42 Å². The third-order valence-electron chi connectivity index (χ3n) is 3.02. The zero-order chi connectivity index (χ0) is 15.8. The van der Waals surface area contributed by atoms with Crippen molar-refractivity contribution >= 4 is 23.5 Å². The van der Waals surface area contributed by atoms with Crippen molar-refractivity contribution in [1.29, 1.82) is 0 Å². The molecule has 0 aliphatic heterocycles. The van der Waals surface area contributed by atoms with Crippen molar-refractivity contribution in [3.63, 3.8) is 0 Å². The molecule has 2 aromatic carbocycles. The van der Waals surface area contributed by atoms with Crippen molar-refractivity contribution in [3.8, 4) is 11.5 Å². The van der Waals surface area contributed by atoms with Crippen LogP contribution in [0.25, 0.3) is 6.08 Å². The van der Waals surface area contributed by atoms with Crippen molar-refractivity contribution in [1.82, 2.24) is 0 Å². The lowest BCUT2D eigenvalue weighted by atomic mass is 10.1. The van der Waals surface area contributed by atoms with Gasteiger partial charge in [-0.05, 0) is 42.3 Å². The van der Waals surface area contributed by atoms with Crippen LogP contribution < -0.4 is 4.74 Å². The number of carbonyl (C=O) groups is 1. The summed E-state index contributed by atoms with van der Waals surface area (Å²) >= 11 is 5.59. The van der Waals surface area contributed by atoms with Gasteiger partial charge in [-0.1, -0.05) is 30.3 Å². The van der Waals surface area contributed by atoms with E-state index in [1.54, 1.807) is 24.3 Å². The standard InChI is InChI=1S/C18H17ClO3/c19-12-3-13-22-15-9-6-14(7-10-15)8-11-18(21)16-4-1-2-5-17(16)20/h1-2,4-11,20H,3,12-13H2. The average Bonchev–Trinajstić information content (AvgIpc) is 2.54. The van der Waals surface area contributed by atoms with E-state index in [0.717, 1.165) is 17.7 Å². The molecule has 0 saturated carbocycles. The van der Waals surface area contributed by atoms with Crippen LogP contribution in [0.2, 0.25) is 0 Å². The summed E-state index contributed by atoms with van der Waals surface area (Å²) in [6.07, 6.45) is 3.95. The Bertz CT molecular complexity index is 648. The molecule has 1 N–H and O–H groups in total. The average molecular weight is 317 g/mol. The lowest BCUT2D eigenvalue weighted by molar-refractivity contribution is 0.104. The van der Waals surface area contributed by atoms with Gasteiger partial charge < -0.3 is 9.84 Å². The molecule has 22 heavy (non-hydrogen) atoms. The van der Waals surface area contributed by atoms with E-state index >= 15 is 0 Å². The molecule has 3 nitrogen and oxygen atoms in total. The Kier molecular flexibility index (Phi) is 6.04. The minimum Gasteiger partial charge on any atom is -0.507 e. The number of hydrogen-bond donors (Lipinski definition) is 1. The molecule has 2 rings (SSSR count). The van der Waals surface area contributed by atoms with E-state index in [2.05, 4.69) is 0 Å². The van der Waals surface area contributed by atoms with Gasteiger partial charge in [-0.2, -0.15) is 0 Å². The van der Waals surface area contributed by atoms with Gasteiger partial charge in [0.1, 0.15) is 11.5 Å². The number of carbonyl (C=O) groups excluding carboxylic acids is 1. The fourth-order valence-electron chi connectivity index (χ4n) is 1.86. The highest BCUT2D eigenvalue weighted by atomic mass is 35.5. The lowest BCUT2D eigenvalue weighted by Crippen LogP contribution is -1.97. The second-order valence-corrected chi connectivity index (χ2v) is 5.05. The molecule has 114 valence electrons. The number of phenols is 1. The molecule has 0 heterocycles. The van der Waals surface area contributed by atoms with Crippen LogP contribution >= 0.6 is 11.6 Å². The first kappa shape index (κ1) is 16.1. The summed E-state index contributed by atoms with van der Waals surface area (Å²) in [7, 11) is 0. The van der Waals surface area contributed by atoms with Crippen molar-refractivity contribution < 1.29 is 14.6 Å². The number of para-hydroxylation sites is 1. The Morgan fingerprint density at radius 1 is 1.14 bits per heavy atom. The summed E-state index contributed by atoms with van der Waals surface area (Å²) < 4.78 is 5.50. The second-order valence-electron chi connectivity index (χ2n) is 4.67. The van der Waals surface area contributed by atoms with Crippen LogP contribution in [-0.4, -0.2) is 23.4 Å². The minimum absolute atomic E-state index is 0.0137. The van der Waals surface area contributed by atoms with Gasteiger partial charge in [-0.15, -0.1) is 11.6 Å². The highest BCUT2D eigenvalue weighted by molar-refractivity contribution is 6.17. The minimum atomic E-state index is -0.236. The summed E-state index contributed by atoms with van der Waals surface area (Å²) in [6.45, 7) is 0.588. The third-order valence-corrected chi connectivity index (χ3v) is 3.29. The number of halogens is 1. The molecule has 4 heteroatoms. The van der Waals surface area contributed by atoms with Gasteiger partial charge in [0.15, 0.2) is 5.78 Å². The molecule has 0 spiro atoms. The molecule has 0 unspecified atom stereocenters. The van der Waals surface area contributed by atoms with E-state index in [1.807, 2.05) is 24.3 Å². The second kappa shape index (κ2) is 8.25. The lowest BCUT2D eigenvalue weighted by Gasteiger charge is -2.04. The van der Waals surface area contributed by atoms with Gasteiger partial charge in [0.2, 0.25) is 0 Å². The van der Waals surface area contributed by atoms with E-state index < -0.39 is 0 Å². The van der Waals surface area contributed by atoms with Gasteiger partial charge in [-0.25, -0.2) is 0 Å². The highest BCUT2D eigenvalue weighted by Gasteiger charge is 2.06. The van der Waals surface area contributed by atoms with Crippen LogP contribution in [0.4, 0.5) is 0 Å². The number of aromatic hydroxyl groups is 1. The third kappa shape index (κ3) is 4.64. The van der Waals surface area contributed by atoms with Crippen LogP contribution in [0.15, 0.2) is 54.6 Å². The van der Waals surface area contributed by atoms with E-state index in [1.165, 1.54) is 12.1 Å². The van der Waals surface area contributed by atoms with E-state index in [9.17, 15) is 9.90 Å². The van der Waals surface area contributed by atoms with Crippen molar-refractivity contribution in [2.75, 3.05) is 12.5 Å². The molecule has 2 aromatic rings. The maximum Gasteiger partial charge on any atom is 0.189 e. The number of rotatable bonds is 7. The molecule has 0 radical (unpaired) electrons. The van der Waals surface area contributed by atoms with Crippen LogP contribution in [0.5, 0.6) is 11.5 Å². The molecule has 0 bridgehead atoms. The number of ether oxygens (including phenoxy) is 1. The zero-order valence-electron chi connectivity index (χ0n) is 12.0. The van der Waals surface area contributed by atoms with Crippen molar-refractivity contribution in [3.05, 3.63) is 65.7 Å². The Labute approximate surface area is 134 Å². The molecule has 0 amide bonds. The molecule has 0 aromatic heterocycles. The van der Waals surface area contributed by atoms with E-state index in [4.69, 9.17) is 16.3 Å². The smallest absolute Gasteiger partial charge is 0.189 e. The predicted octanol–water partition coefficient (Wildman–Crippen LogP) is 4.30. The number of alkyl halides is 1. The van der Waals surface area contributed by atoms with Crippen molar-refractivity contribution in [2.24, 2.45) is 0 Å². The van der Waals surface area contributed by atoms with Crippen LogP contribution in [-0.2, 0) is 0 Å². The van der Waals surface area contributed by atoms with Crippen LogP contribution in [0, 0.1) is 0 Å². The summed E-state index contributed by atoms with van der Waals surface area (Å²) in [5, 5.41) is 9.64. The van der Waals surface area contributed by atoms with E-state index in [0.29, 0.717) is 18.1 Å². The quantitative estimate of drug-likeness (QED) is 0.358. The number of hydrogen-bond acceptors (Lipinski definition) is 3. The van der Waals surface area contributed by atoms with Crippen LogP contribution in [0.1, 0.15) is 22.3 Å². The fraction of sp³-hybridized carbons (Fsp3) is 0.167. The van der Waals surface area contributed by atoms with Crippen LogP contribution in [0.3, 0.4) is 0 Å². The number of phenolic OH excluding ortho intramolecular Hbond substituents is 1. The van der Waals surface area contributed by atoms with Gasteiger partial charge in [-0.3, -0.25) is 4.79 Å². The predicted molar refractivity (Wildman–Crippen MR) is 88.7 cm³/mol. The zero-order valence-corrected chi connectivity index (χ0v) is 12.8. The molecule has 0 fully saturated rings. The fourth-order valence-corrected chi connectivity index (χ4v) is 1.97. The number of allylic oxidation sites excluding steroid dienone is 1. The maximum atomic E-state index is 12.0. The van der Waals surface area contributed by atoms with Gasteiger partial charge in [0.25, 0.3) is 0 Å². The van der Waals surface area contributed by atoms with Gasteiger partial charge in [0.05, 0.1) is 12.2 Å². The number of benzene rings is 2. The Hall–Kier alpha value is -2.26. The summed E-state index contributed by atoms with van der Waals surface area (Å²) in [6, 6.07) is 13.9. The van der Waals surface area contributed by atoms with Gasteiger partial charge >= 0.3 is 0 Å². The first-order valence-corrected chi connectivity index (χ1v) is 7.53. The summed E-state index contributed by atoms with van der Waals surface area (Å²) in [5.41, 5.74) is 1.17. The molecule has 0 atom stereocenters. The SMILES string of the molecule is O=C(C=Cc1ccc(OCCCCl)cc1)c1ccccc1O. The molecule has 0 saturated heterocycles. The molecular formula is C18H17ClO3. The molecule has 0 aliphatic rings. The summed E-state index contributed by atoms with van der Waals surface area (Å²) in [5.74, 6) is 1.10. The normalized spacial score (nSPS) is 10.8. The molecule has 0 aliphatic carbocycles. The Morgan fingerprint density at radius 3 is 2.55 bits per heavy atom. The first-order valence-electron chi connectivity index (χ1n) is 7.00. The summed E-state index contributed by atoms with van der Waals surface area (Å²) in [4.78, 5) is 12.0. The van der Waals surface area contributed by atoms with Gasteiger partial charge in [0, 0.05) is 5.88 Å². The largest absolute Gasteiger partial charge is 0.507 e. The first-order chi connectivity index (χ1) is 10.7. The highest BCUT2D eigenvalue weighted by Crippen LogP contribution is 2.18. The maximum absolute atomic E-state index is 12.0. The molecular weight excluding hydrogens is 300 g/mol. The Balaban J connectivity index is 1.98. The van der Waals surface area contributed by atoms with E-state index in [-0.39, 0.29) is 11.5 Å². The number of ketones is 1. The topological polar surface area (TPSA) is 46.5 Å². The Morgan fingerprint density at radius 2 is 1.86 bits per heavy atom. The monoisotopic (exact) mass is 316 g/mol.